The highest BCUT2D eigenvalue weighted by Gasteiger charge is 2.70. The van der Waals surface area contributed by atoms with Crippen LogP contribution in [-0.4, -0.2) is 34.2 Å². The highest BCUT2D eigenvalue weighted by molar-refractivity contribution is 9.10. The molecule has 1 saturated carbocycles. The zero-order valence-corrected chi connectivity index (χ0v) is 19.9. The largest absolute Gasteiger partial charge is 0.462 e. The van der Waals surface area contributed by atoms with Crippen LogP contribution >= 0.6 is 15.9 Å². The van der Waals surface area contributed by atoms with Crippen LogP contribution in [0.5, 0.6) is 0 Å². The van der Waals surface area contributed by atoms with Gasteiger partial charge in [-0.2, -0.15) is 0 Å². The van der Waals surface area contributed by atoms with E-state index in [0.717, 1.165) is 4.47 Å². The maximum atomic E-state index is 15.2. The van der Waals surface area contributed by atoms with Gasteiger partial charge in [0.2, 0.25) is 0 Å². The van der Waals surface area contributed by atoms with Gasteiger partial charge in [-0.25, -0.2) is 8.78 Å². The predicted octanol–water partition coefficient (Wildman–Crippen LogP) is 5.11. The topological polar surface area (TPSA) is 59.4 Å². The fourth-order valence-electron chi connectivity index (χ4n) is 4.68. The number of ether oxygens (including phenoxy) is 1. The van der Waals surface area contributed by atoms with Gasteiger partial charge in [-0.3, -0.25) is 9.78 Å². The molecule has 2 fully saturated rings. The summed E-state index contributed by atoms with van der Waals surface area (Å²) in [5.74, 6) is -0.776. The van der Waals surface area contributed by atoms with Crippen LogP contribution in [0.15, 0.2) is 28.9 Å². The molecular formula is C24H28BrF2NO3. The van der Waals surface area contributed by atoms with Gasteiger partial charge in [0.15, 0.2) is 0 Å². The second-order valence-corrected chi connectivity index (χ2v) is 10.6. The van der Waals surface area contributed by atoms with E-state index in [-0.39, 0.29) is 0 Å². The molecule has 1 unspecified atom stereocenters. The number of hydrogen-bond donors (Lipinski definition) is 1. The van der Waals surface area contributed by atoms with Crippen molar-refractivity contribution in [3.05, 3.63) is 34.6 Å². The molecule has 2 heterocycles. The number of aromatic nitrogens is 1. The summed E-state index contributed by atoms with van der Waals surface area (Å²) in [5.41, 5.74) is -1.62. The van der Waals surface area contributed by atoms with E-state index in [9.17, 15) is 9.90 Å². The van der Waals surface area contributed by atoms with Crippen LogP contribution in [0.25, 0.3) is 6.08 Å². The normalized spacial score (nSPS) is 33.4. The molecule has 6 atom stereocenters. The number of carbonyl (C=O) groups is 1. The van der Waals surface area contributed by atoms with Crippen molar-refractivity contribution in [3.8, 4) is 11.8 Å². The Kier molecular flexibility index (Phi) is 6.38. The van der Waals surface area contributed by atoms with Crippen LogP contribution in [0.2, 0.25) is 0 Å². The maximum Gasteiger partial charge on any atom is 0.316 e. The Hall–Kier alpha value is -1.78. The molecule has 0 bridgehead atoms. The van der Waals surface area contributed by atoms with E-state index in [1.165, 1.54) is 6.92 Å². The van der Waals surface area contributed by atoms with Gasteiger partial charge in [-0.15, -0.1) is 0 Å². The second-order valence-electron chi connectivity index (χ2n) is 9.66. The molecule has 0 amide bonds. The van der Waals surface area contributed by atoms with E-state index in [1.54, 1.807) is 31.3 Å². The standard InChI is InChI=1S/C24H28BrF2NO3/c1-14-18(9-8-17-7-6-16(25)12-28-17)20-15(2)31-21(30)23(20,13-24(14,26)27)19(29)10-11-22(3,4)5/h6-9,12,14-15,18-20,29H,13H2,1-5H3/b9-8+/t14-,15+,18-,19?,20-,23-/m0/s1. The SMILES string of the molecule is C[C@H]1OC(=O)[C@]2(C(O)C#CC(C)(C)C)CC(F)(F)[C@@H](C)[C@H](/C=C/c3ccc(Br)cn3)[C@H]12. The van der Waals surface area contributed by atoms with Gasteiger partial charge < -0.3 is 9.84 Å². The summed E-state index contributed by atoms with van der Waals surface area (Å²) in [4.78, 5) is 17.2. The third-order valence-corrected chi connectivity index (χ3v) is 6.74. The third-order valence-electron chi connectivity index (χ3n) is 6.27. The molecule has 1 aromatic heterocycles. The van der Waals surface area contributed by atoms with E-state index in [0.29, 0.717) is 5.69 Å². The van der Waals surface area contributed by atoms with Gasteiger partial charge in [0, 0.05) is 34.3 Å². The highest BCUT2D eigenvalue weighted by atomic mass is 79.9. The number of cyclic esters (lactones) is 1. The minimum atomic E-state index is -3.17. The maximum absolute atomic E-state index is 15.2. The molecule has 0 spiro atoms. The van der Waals surface area contributed by atoms with Gasteiger partial charge >= 0.3 is 5.97 Å². The van der Waals surface area contributed by atoms with Gasteiger partial charge in [0.05, 0.1) is 5.69 Å². The van der Waals surface area contributed by atoms with E-state index in [1.807, 2.05) is 26.8 Å². The number of pyridine rings is 1. The van der Waals surface area contributed by atoms with Crippen LogP contribution < -0.4 is 0 Å². The Balaban J connectivity index is 2.07. The predicted molar refractivity (Wildman–Crippen MR) is 118 cm³/mol. The van der Waals surface area contributed by atoms with E-state index in [4.69, 9.17) is 4.74 Å². The number of aliphatic hydroxyl groups excluding tert-OH is 1. The molecule has 0 aromatic carbocycles. The Morgan fingerprint density at radius 1 is 1.35 bits per heavy atom. The molecule has 1 aromatic rings. The quantitative estimate of drug-likeness (QED) is 0.467. The summed E-state index contributed by atoms with van der Waals surface area (Å²) in [5, 5.41) is 11.0. The number of carbonyl (C=O) groups excluding carboxylic acids is 1. The van der Waals surface area contributed by atoms with Gasteiger partial charge in [-0.1, -0.05) is 24.8 Å². The molecule has 4 nitrogen and oxygen atoms in total. The Morgan fingerprint density at radius 2 is 2.03 bits per heavy atom. The lowest BCUT2D eigenvalue weighted by molar-refractivity contribution is -0.184. The summed E-state index contributed by atoms with van der Waals surface area (Å²) < 4.78 is 36.7. The van der Waals surface area contributed by atoms with E-state index in [2.05, 4.69) is 32.8 Å². The summed E-state index contributed by atoms with van der Waals surface area (Å²) >= 11 is 3.32. The number of aliphatic hydroxyl groups is 1. The van der Waals surface area contributed by atoms with Crippen molar-refractivity contribution in [1.29, 1.82) is 0 Å². The highest BCUT2D eigenvalue weighted by Crippen LogP contribution is 2.60. The summed E-state index contributed by atoms with van der Waals surface area (Å²) in [6.07, 6.45) is 2.03. The van der Waals surface area contributed by atoms with E-state index >= 15 is 8.78 Å². The second kappa shape index (κ2) is 8.29. The number of rotatable bonds is 3. The number of alkyl halides is 2. The third kappa shape index (κ3) is 4.56. The first-order valence-corrected chi connectivity index (χ1v) is 11.2. The van der Waals surface area contributed by atoms with E-state index < -0.39 is 59.1 Å². The summed E-state index contributed by atoms with van der Waals surface area (Å²) in [6, 6.07) is 3.58. The fraction of sp³-hybridized carbons (Fsp3) is 0.583. The molecule has 168 valence electrons. The van der Waals surface area contributed by atoms with Crippen molar-refractivity contribution in [2.45, 2.75) is 59.2 Å². The number of fused-ring (bicyclic) bond motifs is 1. The molecule has 7 heteroatoms. The molecule has 3 rings (SSSR count). The number of esters is 1. The monoisotopic (exact) mass is 495 g/mol. The molecule has 1 aliphatic heterocycles. The fourth-order valence-corrected chi connectivity index (χ4v) is 4.92. The van der Waals surface area contributed by atoms with Crippen LogP contribution in [0.1, 0.15) is 46.7 Å². The first-order valence-electron chi connectivity index (χ1n) is 10.4. The van der Waals surface area contributed by atoms with Crippen LogP contribution in [0.4, 0.5) is 8.78 Å². The van der Waals surface area contributed by atoms with Crippen molar-refractivity contribution in [2.24, 2.45) is 28.6 Å². The number of nitrogens with zero attached hydrogens (tertiary/aromatic N) is 1. The number of halogens is 3. The molecule has 1 N–H and O–H groups in total. The summed E-state index contributed by atoms with van der Waals surface area (Å²) in [7, 11) is 0. The van der Waals surface area contributed by atoms with Crippen molar-refractivity contribution in [1.82, 2.24) is 4.98 Å². The smallest absolute Gasteiger partial charge is 0.316 e. The molecule has 1 aliphatic carbocycles. The van der Waals surface area contributed by atoms with Crippen LogP contribution in [0, 0.1) is 40.4 Å². The van der Waals surface area contributed by atoms with Gasteiger partial charge in [0.1, 0.15) is 17.6 Å². The first-order chi connectivity index (χ1) is 14.3. The molecule has 31 heavy (non-hydrogen) atoms. The summed E-state index contributed by atoms with van der Waals surface area (Å²) in [6.45, 7) is 8.74. The minimum absolute atomic E-state index is 0.446. The Morgan fingerprint density at radius 3 is 2.61 bits per heavy atom. The van der Waals surface area contributed by atoms with Gasteiger partial charge in [0.25, 0.3) is 5.92 Å². The zero-order chi connectivity index (χ0) is 23.2. The molecular weight excluding hydrogens is 468 g/mol. The first kappa shape index (κ1) is 23.9. The average Bonchev–Trinajstić information content (AvgIpc) is 2.91. The lowest BCUT2D eigenvalue weighted by Crippen LogP contribution is -2.58. The lowest BCUT2D eigenvalue weighted by Gasteiger charge is -2.48. The number of allylic oxidation sites excluding steroid dienone is 1. The molecule has 2 aliphatic rings. The Labute approximate surface area is 190 Å². The zero-order valence-electron chi connectivity index (χ0n) is 18.3. The Bertz CT molecular complexity index is 929. The van der Waals surface area contributed by atoms with Crippen molar-refractivity contribution < 1.29 is 23.4 Å². The molecule has 0 radical (unpaired) electrons. The van der Waals surface area contributed by atoms with Crippen LogP contribution in [-0.2, 0) is 9.53 Å². The van der Waals surface area contributed by atoms with Crippen LogP contribution in [0.3, 0.4) is 0 Å². The average molecular weight is 496 g/mol. The van der Waals surface area contributed by atoms with Crippen molar-refractivity contribution >= 4 is 28.0 Å². The van der Waals surface area contributed by atoms with Gasteiger partial charge in [-0.05, 0) is 67.8 Å². The minimum Gasteiger partial charge on any atom is -0.462 e. The lowest BCUT2D eigenvalue weighted by atomic mass is 9.54. The number of hydrogen-bond acceptors (Lipinski definition) is 4. The molecule has 1 saturated heterocycles. The van der Waals surface area contributed by atoms with Crippen molar-refractivity contribution in [2.75, 3.05) is 0 Å². The van der Waals surface area contributed by atoms with Crippen molar-refractivity contribution in [3.63, 3.8) is 0 Å².